The van der Waals surface area contributed by atoms with Gasteiger partial charge in [0, 0.05) is 12.5 Å². The van der Waals surface area contributed by atoms with Crippen LogP contribution in [0.2, 0.25) is 0 Å². The number of sulfone groups is 1. The quantitative estimate of drug-likeness (QED) is 0.806. The monoisotopic (exact) mass is 339 g/mol. The molecule has 3 heterocycles. The van der Waals surface area contributed by atoms with Crippen LogP contribution in [0.15, 0.2) is 6.20 Å². The van der Waals surface area contributed by atoms with E-state index in [0.717, 1.165) is 0 Å². The van der Waals surface area contributed by atoms with E-state index in [9.17, 15) is 13.5 Å². The molecule has 0 saturated carbocycles. The standard InChI is InChI=1S/C14H21N5O3S/c1-14(2,3)13-17-11(8-5-15-19(4)12(8)18-13)16-9-6-23(21,22)7-10(9)20/h5,9-10,20H,6-7H2,1-4H3,(H,16,17,18)/t9-,10-/m1/s1. The van der Waals surface area contributed by atoms with Crippen LogP contribution in [0.25, 0.3) is 11.0 Å². The molecule has 0 amide bonds. The molecule has 2 aromatic heterocycles. The van der Waals surface area contributed by atoms with Crippen LogP contribution in [0.5, 0.6) is 0 Å². The van der Waals surface area contributed by atoms with Gasteiger partial charge in [-0.1, -0.05) is 20.8 Å². The maximum Gasteiger partial charge on any atom is 0.163 e. The highest BCUT2D eigenvalue weighted by Crippen LogP contribution is 2.27. The van der Waals surface area contributed by atoms with Crippen LogP contribution in [0.3, 0.4) is 0 Å². The van der Waals surface area contributed by atoms with Gasteiger partial charge in [0.2, 0.25) is 0 Å². The Morgan fingerprint density at radius 2 is 2.00 bits per heavy atom. The minimum Gasteiger partial charge on any atom is -0.390 e. The van der Waals surface area contributed by atoms with Crippen LogP contribution in [-0.2, 0) is 22.3 Å². The Balaban J connectivity index is 2.06. The van der Waals surface area contributed by atoms with Crippen molar-refractivity contribution in [3.05, 3.63) is 12.0 Å². The van der Waals surface area contributed by atoms with Gasteiger partial charge in [-0.2, -0.15) is 5.10 Å². The average Bonchev–Trinajstić information content (AvgIpc) is 2.89. The van der Waals surface area contributed by atoms with Crippen molar-refractivity contribution in [2.24, 2.45) is 7.05 Å². The van der Waals surface area contributed by atoms with E-state index >= 15 is 0 Å². The van der Waals surface area contributed by atoms with Crippen LogP contribution < -0.4 is 5.32 Å². The molecule has 126 valence electrons. The summed E-state index contributed by atoms with van der Waals surface area (Å²) in [4.78, 5) is 9.11. The summed E-state index contributed by atoms with van der Waals surface area (Å²) in [6, 6.07) is -0.578. The molecule has 1 aliphatic heterocycles. The smallest absolute Gasteiger partial charge is 0.163 e. The number of fused-ring (bicyclic) bond motifs is 1. The molecule has 0 aromatic carbocycles. The lowest BCUT2D eigenvalue weighted by molar-refractivity contribution is 0.190. The molecule has 0 aliphatic carbocycles. The average molecular weight is 339 g/mol. The number of nitrogens with one attached hydrogen (secondary N) is 1. The van der Waals surface area contributed by atoms with E-state index in [1.165, 1.54) is 0 Å². The molecule has 0 radical (unpaired) electrons. The molecule has 1 saturated heterocycles. The molecule has 0 bridgehead atoms. The molecule has 23 heavy (non-hydrogen) atoms. The third-order valence-electron chi connectivity index (χ3n) is 3.91. The number of hydrogen-bond acceptors (Lipinski definition) is 7. The third-order valence-corrected chi connectivity index (χ3v) is 5.62. The van der Waals surface area contributed by atoms with E-state index < -0.39 is 22.0 Å². The molecular weight excluding hydrogens is 318 g/mol. The first-order valence-corrected chi connectivity index (χ1v) is 9.24. The van der Waals surface area contributed by atoms with Crippen molar-refractivity contribution in [1.29, 1.82) is 0 Å². The lowest BCUT2D eigenvalue weighted by Gasteiger charge is -2.20. The largest absolute Gasteiger partial charge is 0.390 e. The Kier molecular flexibility index (Phi) is 3.60. The second kappa shape index (κ2) is 5.13. The van der Waals surface area contributed by atoms with E-state index in [2.05, 4.69) is 20.4 Å². The summed E-state index contributed by atoms with van der Waals surface area (Å²) in [5.74, 6) is 0.809. The minimum atomic E-state index is -3.23. The normalized spacial score (nSPS) is 24.2. The summed E-state index contributed by atoms with van der Waals surface area (Å²) in [5.41, 5.74) is 0.401. The maximum absolute atomic E-state index is 11.7. The highest BCUT2D eigenvalue weighted by atomic mass is 32.2. The van der Waals surface area contributed by atoms with Crippen molar-refractivity contribution in [3.8, 4) is 0 Å². The van der Waals surface area contributed by atoms with Gasteiger partial charge in [0.15, 0.2) is 15.5 Å². The number of aryl methyl sites for hydroxylation is 1. The molecule has 8 nitrogen and oxygen atoms in total. The zero-order valence-corrected chi connectivity index (χ0v) is 14.4. The number of rotatable bonds is 2. The third kappa shape index (κ3) is 3.02. The molecule has 0 spiro atoms. The van der Waals surface area contributed by atoms with Gasteiger partial charge in [-0.25, -0.2) is 18.4 Å². The second-order valence-corrected chi connectivity index (χ2v) is 9.20. The zero-order chi connectivity index (χ0) is 17.0. The first-order valence-electron chi connectivity index (χ1n) is 7.42. The van der Waals surface area contributed by atoms with Gasteiger partial charge < -0.3 is 10.4 Å². The Labute approximate surface area is 134 Å². The van der Waals surface area contributed by atoms with E-state index in [1.54, 1.807) is 17.9 Å². The van der Waals surface area contributed by atoms with Gasteiger partial charge >= 0.3 is 0 Å². The number of hydrogen-bond donors (Lipinski definition) is 2. The topological polar surface area (TPSA) is 110 Å². The van der Waals surface area contributed by atoms with E-state index in [1.807, 2.05) is 20.8 Å². The summed E-state index contributed by atoms with van der Waals surface area (Å²) in [5, 5.41) is 18.0. The first-order chi connectivity index (χ1) is 10.6. The van der Waals surface area contributed by atoms with Gasteiger partial charge in [0.05, 0.1) is 35.2 Å². The van der Waals surface area contributed by atoms with Gasteiger partial charge in [-0.05, 0) is 0 Å². The van der Waals surface area contributed by atoms with Gasteiger partial charge in [0.1, 0.15) is 11.6 Å². The van der Waals surface area contributed by atoms with Crippen molar-refractivity contribution in [2.75, 3.05) is 16.8 Å². The molecule has 1 fully saturated rings. The van der Waals surface area contributed by atoms with Crippen LogP contribution in [0.1, 0.15) is 26.6 Å². The molecule has 2 atom stereocenters. The number of aliphatic hydroxyl groups is 1. The lowest BCUT2D eigenvalue weighted by atomic mass is 9.95. The summed E-state index contributed by atoms with van der Waals surface area (Å²) >= 11 is 0. The minimum absolute atomic E-state index is 0.106. The highest BCUT2D eigenvalue weighted by molar-refractivity contribution is 7.91. The van der Waals surface area contributed by atoms with Crippen LogP contribution >= 0.6 is 0 Å². The number of aliphatic hydroxyl groups excluding tert-OH is 1. The van der Waals surface area contributed by atoms with Crippen molar-refractivity contribution >= 4 is 26.7 Å². The summed E-state index contributed by atoms with van der Waals surface area (Å²) in [7, 11) is -1.44. The van der Waals surface area contributed by atoms with Crippen LogP contribution in [-0.4, -0.2) is 56.9 Å². The van der Waals surface area contributed by atoms with Crippen molar-refractivity contribution < 1.29 is 13.5 Å². The summed E-state index contributed by atoms with van der Waals surface area (Å²) in [6.45, 7) is 6.01. The van der Waals surface area contributed by atoms with E-state index in [4.69, 9.17) is 0 Å². The highest BCUT2D eigenvalue weighted by Gasteiger charge is 2.37. The molecule has 3 rings (SSSR count). The molecule has 9 heteroatoms. The van der Waals surface area contributed by atoms with E-state index in [-0.39, 0.29) is 16.9 Å². The number of anilines is 1. The fourth-order valence-electron chi connectivity index (χ4n) is 2.61. The molecular formula is C14H21N5O3S. The van der Waals surface area contributed by atoms with E-state index in [0.29, 0.717) is 22.7 Å². The Morgan fingerprint density at radius 1 is 1.30 bits per heavy atom. The summed E-state index contributed by atoms with van der Waals surface area (Å²) in [6.07, 6.45) is 0.694. The maximum atomic E-state index is 11.7. The first kappa shape index (κ1) is 16.1. The molecule has 2 aromatic rings. The van der Waals surface area contributed by atoms with Crippen LogP contribution in [0.4, 0.5) is 5.82 Å². The predicted octanol–water partition coefficient (Wildman–Crippen LogP) is 0.231. The van der Waals surface area contributed by atoms with Gasteiger partial charge in [-0.3, -0.25) is 4.68 Å². The van der Waals surface area contributed by atoms with Crippen molar-refractivity contribution in [3.63, 3.8) is 0 Å². The molecule has 2 N–H and O–H groups in total. The number of aromatic nitrogens is 4. The Bertz CT molecular complexity index is 853. The van der Waals surface area contributed by atoms with Crippen molar-refractivity contribution in [2.45, 2.75) is 38.3 Å². The van der Waals surface area contributed by atoms with Crippen LogP contribution in [0, 0.1) is 0 Å². The fraction of sp³-hybridized carbons (Fsp3) is 0.643. The predicted molar refractivity (Wildman–Crippen MR) is 87.1 cm³/mol. The SMILES string of the molecule is Cn1ncc2c(N[C@@H]3CS(=O)(=O)C[C@H]3O)nc(C(C)(C)C)nc21. The second-order valence-electron chi connectivity index (χ2n) is 7.05. The van der Waals surface area contributed by atoms with Gasteiger partial charge in [-0.15, -0.1) is 0 Å². The molecule has 0 unspecified atom stereocenters. The van der Waals surface area contributed by atoms with Crippen molar-refractivity contribution in [1.82, 2.24) is 19.7 Å². The summed E-state index contributed by atoms with van der Waals surface area (Å²) < 4.78 is 25.0. The Hall–Kier alpha value is -1.74. The Morgan fingerprint density at radius 3 is 2.57 bits per heavy atom. The van der Waals surface area contributed by atoms with Gasteiger partial charge in [0.25, 0.3) is 0 Å². The number of nitrogens with zero attached hydrogens (tertiary/aromatic N) is 4. The zero-order valence-electron chi connectivity index (χ0n) is 13.6. The molecule has 1 aliphatic rings. The lowest BCUT2D eigenvalue weighted by Crippen LogP contribution is -2.32. The fourth-order valence-corrected chi connectivity index (χ4v) is 4.35.